The van der Waals surface area contributed by atoms with Gasteiger partial charge in [0.25, 0.3) is 0 Å². The van der Waals surface area contributed by atoms with E-state index in [2.05, 4.69) is 9.88 Å². The summed E-state index contributed by atoms with van der Waals surface area (Å²) in [5.74, 6) is -0.769. The number of rotatable bonds is 8. The maximum absolute atomic E-state index is 10.8. The maximum Gasteiger partial charge on any atom is 0.317 e. The summed E-state index contributed by atoms with van der Waals surface area (Å²) in [5, 5.41) is 8.90. The van der Waals surface area contributed by atoms with Crippen molar-refractivity contribution in [1.29, 1.82) is 0 Å². The average molecular weight is 271 g/mol. The first-order valence-corrected chi connectivity index (χ1v) is 6.85. The Kier molecular flexibility index (Phi) is 6.24. The highest BCUT2D eigenvalue weighted by Gasteiger charge is 2.11. The molecular formula is C12H21N3O2S. The van der Waals surface area contributed by atoms with Gasteiger partial charge in [-0.2, -0.15) is 0 Å². The fourth-order valence-electron chi connectivity index (χ4n) is 1.63. The Hall–Kier alpha value is -0.980. The molecule has 102 valence electrons. The smallest absolute Gasteiger partial charge is 0.317 e. The van der Waals surface area contributed by atoms with Crippen LogP contribution in [-0.2, 0) is 11.2 Å². The van der Waals surface area contributed by atoms with E-state index in [-0.39, 0.29) is 6.54 Å². The lowest BCUT2D eigenvalue weighted by Crippen LogP contribution is -2.36. The average Bonchev–Trinajstić information content (AvgIpc) is 2.67. The van der Waals surface area contributed by atoms with Crippen LogP contribution >= 0.6 is 11.3 Å². The van der Waals surface area contributed by atoms with Crippen molar-refractivity contribution in [1.82, 2.24) is 14.8 Å². The van der Waals surface area contributed by atoms with Crippen LogP contribution in [0, 0.1) is 6.92 Å². The molecule has 0 saturated heterocycles. The quantitative estimate of drug-likeness (QED) is 0.762. The van der Waals surface area contributed by atoms with E-state index in [9.17, 15) is 4.79 Å². The molecular weight excluding hydrogens is 250 g/mol. The highest BCUT2D eigenvalue weighted by Crippen LogP contribution is 2.13. The first-order valence-electron chi connectivity index (χ1n) is 5.97. The third-order valence-corrected chi connectivity index (χ3v) is 3.72. The molecule has 0 aliphatic rings. The van der Waals surface area contributed by atoms with Gasteiger partial charge in [0.15, 0.2) is 0 Å². The molecule has 1 heterocycles. The van der Waals surface area contributed by atoms with Gasteiger partial charge in [-0.15, -0.1) is 11.3 Å². The molecule has 1 aromatic rings. The van der Waals surface area contributed by atoms with Crippen LogP contribution in [-0.4, -0.2) is 66.1 Å². The molecule has 5 nitrogen and oxygen atoms in total. The summed E-state index contributed by atoms with van der Waals surface area (Å²) in [6.07, 6.45) is 0.872. The Morgan fingerprint density at radius 2 is 2.11 bits per heavy atom. The van der Waals surface area contributed by atoms with Gasteiger partial charge in [-0.25, -0.2) is 4.98 Å². The molecule has 1 N–H and O–H groups in total. The van der Waals surface area contributed by atoms with Gasteiger partial charge in [-0.05, 0) is 27.4 Å². The van der Waals surface area contributed by atoms with Crippen molar-refractivity contribution in [2.75, 3.05) is 40.3 Å². The molecule has 0 aliphatic heterocycles. The zero-order valence-electron chi connectivity index (χ0n) is 11.2. The molecule has 1 aromatic heterocycles. The number of thiazole rings is 1. The molecule has 0 radical (unpaired) electrons. The first-order chi connectivity index (χ1) is 8.49. The second kappa shape index (κ2) is 7.45. The number of hydrogen-bond donors (Lipinski definition) is 1. The molecule has 1 rings (SSSR count). The molecule has 0 amide bonds. The highest BCUT2D eigenvalue weighted by atomic mass is 32.1. The fourth-order valence-corrected chi connectivity index (χ4v) is 2.40. The van der Waals surface area contributed by atoms with Gasteiger partial charge in [0, 0.05) is 24.5 Å². The summed E-state index contributed by atoms with van der Waals surface area (Å²) in [4.78, 5) is 20.3. The SMILES string of the molecule is Cc1ncsc1CCN(CCN(C)C)CC(=O)O. The molecule has 0 unspecified atom stereocenters. The van der Waals surface area contributed by atoms with Crippen molar-refractivity contribution in [3.8, 4) is 0 Å². The number of hydrogen-bond acceptors (Lipinski definition) is 5. The Morgan fingerprint density at radius 3 is 2.61 bits per heavy atom. The summed E-state index contributed by atoms with van der Waals surface area (Å²) in [6.45, 7) is 4.51. The van der Waals surface area contributed by atoms with Crippen LogP contribution in [0.4, 0.5) is 0 Å². The monoisotopic (exact) mass is 271 g/mol. The van der Waals surface area contributed by atoms with E-state index in [1.807, 2.05) is 31.4 Å². The van der Waals surface area contributed by atoms with E-state index in [4.69, 9.17) is 5.11 Å². The van der Waals surface area contributed by atoms with Crippen molar-refractivity contribution in [3.05, 3.63) is 16.1 Å². The minimum absolute atomic E-state index is 0.103. The van der Waals surface area contributed by atoms with Crippen molar-refractivity contribution < 1.29 is 9.90 Å². The number of carboxylic acid groups (broad SMARTS) is 1. The molecule has 0 fully saturated rings. The normalized spacial score (nSPS) is 11.4. The fraction of sp³-hybridized carbons (Fsp3) is 0.667. The predicted octanol–water partition coefficient (Wildman–Crippen LogP) is 0.942. The number of carboxylic acids is 1. The van der Waals surface area contributed by atoms with E-state index in [0.717, 1.165) is 31.7 Å². The summed E-state index contributed by atoms with van der Waals surface area (Å²) in [5.41, 5.74) is 2.90. The lowest BCUT2D eigenvalue weighted by molar-refractivity contribution is -0.138. The van der Waals surface area contributed by atoms with Crippen LogP contribution < -0.4 is 0 Å². The standard InChI is InChI=1S/C12H21N3O2S/c1-10-11(18-9-13-10)4-5-15(8-12(16)17)7-6-14(2)3/h9H,4-8H2,1-3H3,(H,16,17). The molecule has 0 atom stereocenters. The first kappa shape index (κ1) is 15.1. The van der Waals surface area contributed by atoms with E-state index in [1.54, 1.807) is 11.3 Å². The summed E-state index contributed by atoms with van der Waals surface area (Å²) in [6, 6.07) is 0. The van der Waals surface area contributed by atoms with Crippen LogP contribution in [0.5, 0.6) is 0 Å². The van der Waals surface area contributed by atoms with E-state index < -0.39 is 5.97 Å². The summed E-state index contributed by atoms with van der Waals surface area (Å²) < 4.78 is 0. The Labute approximate surface area is 112 Å². The maximum atomic E-state index is 10.8. The summed E-state index contributed by atoms with van der Waals surface area (Å²) >= 11 is 1.64. The Bertz CT molecular complexity index is 379. The minimum atomic E-state index is -0.769. The van der Waals surface area contributed by atoms with Gasteiger partial charge in [0.2, 0.25) is 0 Å². The lowest BCUT2D eigenvalue weighted by atomic mass is 10.3. The number of aliphatic carboxylic acids is 1. The van der Waals surface area contributed by atoms with Crippen LogP contribution in [0.1, 0.15) is 10.6 Å². The van der Waals surface area contributed by atoms with Crippen molar-refractivity contribution in [3.63, 3.8) is 0 Å². The van der Waals surface area contributed by atoms with Crippen molar-refractivity contribution in [2.45, 2.75) is 13.3 Å². The molecule has 0 aromatic carbocycles. The van der Waals surface area contributed by atoms with Gasteiger partial charge in [-0.1, -0.05) is 0 Å². The van der Waals surface area contributed by atoms with Gasteiger partial charge in [0.05, 0.1) is 17.7 Å². The van der Waals surface area contributed by atoms with E-state index >= 15 is 0 Å². The molecule has 0 spiro atoms. The second-order valence-electron chi connectivity index (χ2n) is 4.58. The predicted molar refractivity (Wildman–Crippen MR) is 73.2 cm³/mol. The van der Waals surface area contributed by atoms with Crippen LogP contribution in [0.15, 0.2) is 5.51 Å². The number of aromatic nitrogens is 1. The zero-order valence-corrected chi connectivity index (χ0v) is 12.0. The molecule has 0 bridgehead atoms. The molecule has 18 heavy (non-hydrogen) atoms. The topological polar surface area (TPSA) is 56.7 Å². The van der Waals surface area contributed by atoms with Gasteiger partial charge < -0.3 is 10.0 Å². The number of nitrogens with zero attached hydrogens (tertiary/aromatic N) is 3. The van der Waals surface area contributed by atoms with E-state index in [0.29, 0.717) is 0 Å². The Balaban J connectivity index is 2.45. The minimum Gasteiger partial charge on any atom is -0.480 e. The van der Waals surface area contributed by atoms with Gasteiger partial charge in [-0.3, -0.25) is 9.69 Å². The van der Waals surface area contributed by atoms with Crippen LogP contribution in [0.3, 0.4) is 0 Å². The van der Waals surface area contributed by atoms with Crippen LogP contribution in [0.2, 0.25) is 0 Å². The molecule has 0 saturated carbocycles. The Morgan fingerprint density at radius 1 is 1.39 bits per heavy atom. The van der Waals surface area contributed by atoms with Crippen LogP contribution in [0.25, 0.3) is 0 Å². The third-order valence-electron chi connectivity index (χ3n) is 2.72. The number of aryl methyl sites for hydroxylation is 1. The summed E-state index contributed by atoms with van der Waals surface area (Å²) in [7, 11) is 3.98. The largest absolute Gasteiger partial charge is 0.480 e. The zero-order chi connectivity index (χ0) is 13.5. The van der Waals surface area contributed by atoms with Gasteiger partial charge in [0.1, 0.15) is 0 Å². The lowest BCUT2D eigenvalue weighted by Gasteiger charge is -2.22. The second-order valence-corrected chi connectivity index (χ2v) is 5.52. The van der Waals surface area contributed by atoms with Crippen molar-refractivity contribution >= 4 is 17.3 Å². The molecule has 0 aliphatic carbocycles. The highest BCUT2D eigenvalue weighted by molar-refractivity contribution is 7.09. The van der Waals surface area contributed by atoms with Gasteiger partial charge >= 0.3 is 5.97 Å². The molecule has 6 heteroatoms. The van der Waals surface area contributed by atoms with Crippen molar-refractivity contribution in [2.24, 2.45) is 0 Å². The van der Waals surface area contributed by atoms with E-state index in [1.165, 1.54) is 4.88 Å². The number of carbonyl (C=O) groups is 1. The number of likely N-dealkylation sites (N-methyl/N-ethyl adjacent to an activating group) is 1. The third kappa shape index (κ3) is 5.57.